The molecule has 0 fully saturated rings. The van der Waals surface area contributed by atoms with Gasteiger partial charge in [0, 0.05) is 19.5 Å². The number of primary amides is 1. The number of carbonyl (C=O) groups is 2. The fraction of sp³-hybridized carbons (Fsp3) is 0.188. The van der Waals surface area contributed by atoms with E-state index >= 15 is 0 Å². The van der Waals surface area contributed by atoms with E-state index in [2.05, 4.69) is 21.2 Å². The summed E-state index contributed by atoms with van der Waals surface area (Å²) in [6.07, 6.45) is 0.134. The van der Waals surface area contributed by atoms with Gasteiger partial charge < -0.3 is 15.1 Å². The summed E-state index contributed by atoms with van der Waals surface area (Å²) in [5, 5.41) is 2.81. The zero-order valence-electron chi connectivity index (χ0n) is 12.7. The Kier molecular flexibility index (Phi) is 6.51. The molecule has 0 aliphatic carbocycles. The van der Waals surface area contributed by atoms with Crippen LogP contribution in [-0.4, -0.2) is 28.4 Å². The van der Waals surface area contributed by atoms with E-state index in [0.717, 1.165) is 5.56 Å². The van der Waals surface area contributed by atoms with Crippen LogP contribution in [-0.2, 0) is 11.3 Å². The van der Waals surface area contributed by atoms with Gasteiger partial charge in [-0.15, -0.1) is 0 Å². The fourth-order valence-electron chi connectivity index (χ4n) is 1.98. The van der Waals surface area contributed by atoms with Crippen LogP contribution in [0.25, 0.3) is 0 Å². The first-order valence-electron chi connectivity index (χ1n) is 7.13. The summed E-state index contributed by atoms with van der Waals surface area (Å²) in [6.45, 7) is 0.764. The first-order chi connectivity index (χ1) is 11.5. The molecule has 0 aliphatic rings. The van der Waals surface area contributed by atoms with Crippen molar-refractivity contribution in [2.75, 3.05) is 6.54 Å². The van der Waals surface area contributed by atoms with Gasteiger partial charge in [-0.25, -0.2) is 0 Å². The number of thiocarbonyl (C=S) groups is 1. The summed E-state index contributed by atoms with van der Waals surface area (Å²) in [7, 11) is 0. The van der Waals surface area contributed by atoms with E-state index in [1.165, 1.54) is 6.07 Å². The zero-order valence-corrected chi connectivity index (χ0v) is 15.1. The van der Waals surface area contributed by atoms with E-state index in [-0.39, 0.29) is 17.3 Å². The summed E-state index contributed by atoms with van der Waals surface area (Å²) >= 11 is 8.44. The van der Waals surface area contributed by atoms with Gasteiger partial charge in [0.05, 0.1) is 0 Å². The minimum absolute atomic E-state index is 0.134. The van der Waals surface area contributed by atoms with Gasteiger partial charge in [0.15, 0.2) is 15.5 Å². The van der Waals surface area contributed by atoms with Gasteiger partial charge in [0.1, 0.15) is 0 Å². The highest BCUT2D eigenvalue weighted by atomic mass is 79.9. The molecular formula is C16H16BrN3O3S. The van der Waals surface area contributed by atoms with Gasteiger partial charge in [-0.3, -0.25) is 14.9 Å². The molecule has 1 aromatic heterocycles. The summed E-state index contributed by atoms with van der Waals surface area (Å²) < 4.78 is 5.65. The van der Waals surface area contributed by atoms with Crippen molar-refractivity contribution in [3.05, 3.63) is 58.5 Å². The van der Waals surface area contributed by atoms with E-state index < -0.39 is 11.8 Å². The number of nitrogens with two attached hydrogens (primary N) is 1. The highest BCUT2D eigenvalue weighted by Gasteiger charge is 2.17. The van der Waals surface area contributed by atoms with E-state index in [1.807, 2.05) is 30.3 Å². The molecule has 1 aromatic carbocycles. The molecule has 0 spiro atoms. The molecule has 2 rings (SSSR count). The molecule has 0 aliphatic heterocycles. The predicted molar refractivity (Wildman–Crippen MR) is 97.1 cm³/mol. The van der Waals surface area contributed by atoms with Crippen molar-refractivity contribution < 1.29 is 14.0 Å². The number of carbonyl (C=O) groups excluding carboxylic acids is 2. The third kappa shape index (κ3) is 5.47. The van der Waals surface area contributed by atoms with Crippen LogP contribution in [0.5, 0.6) is 0 Å². The Bertz CT molecular complexity index is 733. The Morgan fingerprint density at radius 1 is 1.21 bits per heavy atom. The molecule has 24 heavy (non-hydrogen) atoms. The topological polar surface area (TPSA) is 88.6 Å². The first kappa shape index (κ1) is 18.2. The Morgan fingerprint density at radius 2 is 1.92 bits per heavy atom. The Morgan fingerprint density at radius 3 is 2.50 bits per heavy atom. The number of benzene rings is 1. The van der Waals surface area contributed by atoms with Crippen LogP contribution in [0.15, 0.2) is 51.6 Å². The van der Waals surface area contributed by atoms with E-state index in [4.69, 9.17) is 22.4 Å². The highest BCUT2D eigenvalue weighted by Crippen LogP contribution is 2.14. The number of hydrogen-bond donors (Lipinski definition) is 2. The lowest BCUT2D eigenvalue weighted by Gasteiger charge is -2.24. The van der Waals surface area contributed by atoms with Crippen LogP contribution in [0.2, 0.25) is 0 Å². The Balaban J connectivity index is 2.05. The van der Waals surface area contributed by atoms with Gasteiger partial charge in [-0.1, -0.05) is 30.3 Å². The van der Waals surface area contributed by atoms with Crippen molar-refractivity contribution in [2.24, 2.45) is 5.73 Å². The number of amides is 2. The average molecular weight is 410 g/mol. The maximum absolute atomic E-state index is 12.1. The fourth-order valence-corrected chi connectivity index (χ4v) is 2.53. The highest BCUT2D eigenvalue weighted by molar-refractivity contribution is 9.10. The maximum atomic E-state index is 12.1. The number of hydrogen-bond acceptors (Lipinski definition) is 4. The molecule has 0 bridgehead atoms. The van der Waals surface area contributed by atoms with Crippen molar-refractivity contribution in [1.82, 2.24) is 10.2 Å². The first-order valence-corrected chi connectivity index (χ1v) is 8.33. The molecule has 3 N–H and O–H groups in total. The molecule has 1 heterocycles. The second kappa shape index (κ2) is 8.60. The minimum Gasteiger partial charge on any atom is -0.444 e. The molecule has 0 radical (unpaired) electrons. The van der Waals surface area contributed by atoms with Gasteiger partial charge in [-0.05, 0) is 45.8 Å². The number of rotatable bonds is 6. The molecule has 2 amide bonds. The molecular weight excluding hydrogens is 394 g/mol. The van der Waals surface area contributed by atoms with Crippen molar-refractivity contribution in [3.8, 4) is 0 Å². The zero-order chi connectivity index (χ0) is 17.5. The summed E-state index contributed by atoms with van der Waals surface area (Å²) in [5.41, 5.74) is 6.21. The van der Waals surface area contributed by atoms with Crippen LogP contribution < -0.4 is 11.1 Å². The number of nitrogens with zero attached hydrogens (tertiary/aromatic N) is 1. The molecule has 126 valence electrons. The van der Waals surface area contributed by atoms with E-state index in [0.29, 0.717) is 17.8 Å². The third-order valence-electron chi connectivity index (χ3n) is 3.15. The summed E-state index contributed by atoms with van der Waals surface area (Å²) in [4.78, 5) is 24.9. The molecule has 0 unspecified atom stereocenters. The second-order valence-corrected chi connectivity index (χ2v) is 6.15. The van der Waals surface area contributed by atoms with Gasteiger partial charge in [0.2, 0.25) is 5.91 Å². The van der Waals surface area contributed by atoms with Crippen molar-refractivity contribution in [3.63, 3.8) is 0 Å². The molecule has 0 saturated carbocycles. The molecule has 8 heteroatoms. The van der Waals surface area contributed by atoms with Gasteiger partial charge in [0.25, 0.3) is 5.91 Å². The Labute approximate surface area is 153 Å². The normalized spacial score (nSPS) is 10.2. The van der Waals surface area contributed by atoms with Gasteiger partial charge in [-0.2, -0.15) is 0 Å². The van der Waals surface area contributed by atoms with Crippen molar-refractivity contribution in [2.45, 2.75) is 13.0 Å². The smallest absolute Gasteiger partial charge is 0.293 e. The molecule has 6 nitrogen and oxygen atoms in total. The summed E-state index contributed by atoms with van der Waals surface area (Å²) in [6, 6.07) is 12.7. The molecule has 2 aromatic rings. The van der Waals surface area contributed by atoms with Crippen LogP contribution in [0.3, 0.4) is 0 Å². The van der Waals surface area contributed by atoms with E-state index in [9.17, 15) is 9.59 Å². The lowest BCUT2D eigenvalue weighted by Crippen LogP contribution is -2.43. The van der Waals surface area contributed by atoms with E-state index in [1.54, 1.807) is 11.0 Å². The largest absolute Gasteiger partial charge is 0.444 e. The third-order valence-corrected chi connectivity index (χ3v) is 3.94. The minimum atomic E-state index is -0.456. The predicted octanol–water partition coefficient (Wildman–Crippen LogP) is 2.43. The lowest BCUT2D eigenvalue weighted by molar-refractivity contribution is -0.118. The number of halogens is 1. The molecule has 0 saturated heterocycles. The van der Waals surface area contributed by atoms with Crippen LogP contribution in [0.1, 0.15) is 22.5 Å². The second-order valence-electron chi connectivity index (χ2n) is 4.99. The number of nitrogens with one attached hydrogen (secondary N) is 1. The Hall–Kier alpha value is -2.19. The average Bonchev–Trinajstić information content (AvgIpc) is 2.98. The number of furan rings is 1. The monoisotopic (exact) mass is 409 g/mol. The standard InChI is InChI=1S/C16H16BrN3O3S/c17-13-7-6-12(23-13)15(22)19-16(24)20(9-8-14(18)21)10-11-4-2-1-3-5-11/h1-7H,8-10H2,(H2,18,21)(H,19,22,24). The summed E-state index contributed by atoms with van der Waals surface area (Å²) in [5.74, 6) is -0.751. The lowest BCUT2D eigenvalue weighted by atomic mass is 10.2. The molecule has 0 atom stereocenters. The van der Waals surface area contributed by atoms with Crippen molar-refractivity contribution >= 4 is 45.1 Å². The quantitative estimate of drug-likeness (QED) is 0.715. The van der Waals surface area contributed by atoms with Crippen LogP contribution in [0.4, 0.5) is 0 Å². The van der Waals surface area contributed by atoms with Gasteiger partial charge >= 0.3 is 0 Å². The maximum Gasteiger partial charge on any atom is 0.293 e. The van der Waals surface area contributed by atoms with Crippen LogP contribution >= 0.6 is 28.1 Å². The van der Waals surface area contributed by atoms with Crippen molar-refractivity contribution in [1.29, 1.82) is 0 Å². The SMILES string of the molecule is NC(=O)CCN(Cc1ccccc1)C(=S)NC(=O)c1ccc(Br)o1. The van der Waals surface area contributed by atoms with Crippen LogP contribution in [0, 0.1) is 0 Å².